The van der Waals surface area contributed by atoms with Crippen LogP contribution < -0.4 is 10.1 Å². The van der Waals surface area contributed by atoms with Crippen LogP contribution in [0.5, 0.6) is 5.75 Å². The van der Waals surface area contributed by atoms with Crippen LogP contribution in [0.2, 0.25) is 0 Å². The van der Waals surface area contributed by atoms with Gasteiger partial charge in [0.2, 0.25) is 5.91 Å². The molecular formula is C43H61N3O5. The Morgan fingerprint density at radius 3 is 1.84 bits per heavy atom. The minimum atomic E-state index is -1.20. The minimum absolute atomic E-state index is 0.0508. The van der Waals surface area contributed by atoms with Crippen molar-refractivity contribution in [2.75, 3.05) is 0 Å². The van der Waals surface area contributed by atoms with E-state index in [1.807, 2.05) is 99.3 Å². The van der Waals surface area contributed by atoms with Gasteiger partial charge in [0.25, 0.3) is 11.8 Å². The van der Waals surface area contributed by atoms with Gasteiger partial charge in [0.15, 0.2) is 0 Å². The lowest BCUT2D eigenvalue weighted by Crippen LogP contribution is -2.74. The molecule has 2 aromatic carbocycles. The van der Waals surface area contributed by atoms with Crippen molar-refractivity contribution >= 4 is 17.7 Å². The van der Waals surface area contributed by atoms with E-state index in [2.05, 4.69) is 77.7 Å². The first-order chi connectivity index (χ1) is 22.8. The summed E-state index contributed by atoms with van der Waals surface area (Å²) >= 11 is 0. The molecular weight excluding hydrogens is 638 g/mol. The normalized spacial score (nSPS) is 26.1. The molecule has 1 N–H and O–H groups in total. The second kappa shape index (κ2) is 10.9. The number of carbonyl (C=O) groups is 3. The van der Waals surface area contributed by atoms with Crippen LogP contribution in [0.3, 0.4) is 0 Å². The molecule has 3 aliphatic rings. The summed E-state index contributed by atoms with van der Waals surface area (Å²) in [5, 5.41) is 3.02. The van der Waals surface area contributed by atoms with Gasteiger partial charge in [-0.3, -0.25) is 14.4 Å². The highest BCUT2D eigenvalue weighted by Gasteiger charge is 2.67. The Hall–Kier alpha value is -3.65. The summed E-state index contributed by atoms with van der Waals surface area (Å²) in [6.07, 6.45) is 0. The molecule has 8 nitrogen and oxygen atoms in total. The minimum Gasteiger partial charge on any atom is -0.483 e. The fourth-order valence-electron chi connectivity index (χ4n) is 9.03. The molecule has 3 amide bonds. The van der Waals surface area contributed by atoms with Crippen LogP contribution in [0.4, 0.5) is 0 Å². The third kappa shape index (κ3) is 5.05. The summed E-state index contributed by atoms with van der Waals surface area (Å²) in [5.41, 5.74) is -2.99. The molecule has 2 saturated heterocycles. The summed E-state index contributed by atoms with van der Waals surface area (Å²) in [5.74, 6) is 0.0938. The van der Waals surface area contributed by atoms with E-state index in [-0.39, 0.29) is 17.7 Å². The second-order valence-electron chi connectivity index (χ2n) is 19.2. The van der Waals surface area contributed by atoms with Crippen LogP contribution in [0.15, 0.2) is 54.7 Å². The first-order valence-electron chi connectivity index (χ1n) is 18.2. The van der Waals surface area contributed by atoms with Crippen LogP contribution in [-0.2, 0) is 31.0 Å². The van der Waals surface area contributed by atoms with Gasteiger partial charge in [-0.25, -0.2) is 0 Å². The lowest BCUT2D eigenvalue weighted by molar-refractivity contribution is -0.247. The van der Waals surface area contributed by atoms with Crippen LogP contribution in [-0.4, -0.2) is 49.8 Å². The van der Waals surface area contributed by atoms with Crippen molar-refractivity contribution < 1.29 is 23.9 Å². The third-order valence-corrected chi connectivity index (χ3v) is 13.8. The number of hydrogen-bond acceptors (Lipinski definition) is 5. The van der Waals surface area contributed by atoms with Crippen molar-refractivity contribution in [3.63, 3.8) is 0 Å². The number of morpholine rings is 1. The van der Waals surface area contributed by atoms with E-state index < -0.39 is 49.8 Å². The summed E-state index contributed by atoms with van der Waals surface area (Å²) in [4.78, 5) is 46.2. The van der Waals surface area contributed by atoms with E-state index in [0.29, 0.717) is 17.0 Å². The molecule has 0 radical (unpaired) electrons. The average molecular weight is 700 g/mol. The van der Waals surface area contributed by atoms with Crippen molar-refractivity contribution in [2.24, 2.45) is 10.8 Å². The Labute approximate surface area is 306 Å². The summed E-state index contributed by atoms with van der Waals surface area (Å²) < 4.78 is 13.2. The number of nitrogens with one attached hydrogen (secondary N) is 1. The molecule has 1 atom stereocenters. The molecule has 2 aromatic rings. The van der Waals surface area contributed by atoms with Gasteiger partial charge >= 0.3 is 0 Å². The highest BCUT2D eigenvalue weighted by Crippen LogP contribution is 2.60. The van der Waals surface area contributed by atoms with Gasteiger partial charge in [0.1, 0.15) is 22.5 Å². The maximum absolute atomic E-state index is 14.5. The maximum atomic E-state index is 14.5. The number of benzene rings is 2. The molecule has 51 heavy (non-hydrogen) atoms. The Bertz CT molecular complexity index is 1830. The van der Waals surface area contributed by atoms with Crippen molar-refractivity contribution in [3.8, 4) is 5.75 Å². The molecule has 0 aliphatic carbocycles. The van der Waals surface area contributed by atoms with Crippen LogP contribution >= 0.6 is 0 Å². The van der Waals surface area contributed by atoms with Crippen LogP contribution in [0.25, 0.3) is 0 Å². The number of hydrogen-bond donors (Lipinski definition) is 1. The number of carbonyl (C=O) groups excluding carboxylic acids is 3. The average Bonchev–Trinajstić information content (AvgIpc) is 3.19. The van der Waals surface area contributed by atoms with Crippen molar-refractivity contribution in [2.45, 2.75) is 157 Å². The standard InChI is InChI=1S/C43H61N3O5/c1-26-35(2,3)40(12,13)43(18,33(48)44-26)45-32(47)29-20-19-21-30(31(29)37(45,6)7)50-38(8,9)28-24-22-27(23-25-28)36(4,5)46-34(49)39(10,11)51-42(16,17)41(46,14)15/h19-25H,1H2,2-18H3,(H,44,48)/t43-/m0/s1. The predicted octanol–water partition coefficient (Wildman–Crippen LogP) is 8.58. The van der Waals surface area contributed by atoms with E-state index in [0.717, 1.165) is 16.7 Å². The second-order valence-corrected chi connectivity index (χ2v) is 19.2. The summed E-state index contributed by atoms with van der Waals surface area (Å²) in [7, 11) is 0. The van der Waals surface area contributed by atoms with E-state index in [1.54, 1.807) is 4.90 Å². The monoisotopic (exact) mass is 699 g/mol. The number of nitrogens with zero attached hydrogens (tertiary/aromatic N) is 2. The number of amides is 3. The SMILES string of the molecule is C=C1NC(=O)[C@](C)(N2C(=O)c3cccc(OC(C)(C)c4ccc(C(C)(C)N5C(=O)C(C)(C)OC(C)(C)C5(C)C)cc4)c3C2(C)C)C(C)(C)C1(C)C. The summed E-state index contributed by atoms with van der Waals surface area (Å²) in [6.45, 7) is 38.4. The Balaban J connectivity index is 1.50. The van der Waals surface area contributed by atoms with E-state index in [4.69, 9.17) is 9.47 Å². The highest BCUT2D eigenvalue weighted by atomic mass is 16.5. The molecule has 8 heteroatoms. The van der Waals surface area contributed by atoms with Gasteiger partial charge in [-0.2, -0.15) is 0 Å². The van der Waals surface area contributed by atoms with Gasteiger partial charge in [0, 0.05) is 27.7 Å². The first kappa shape index (κ1) is 38.6. The fourth-order valence-corrected chi connectivity index (χ4v) is 9.03. The third-order valence-electron chi connectivity index (χ3n) is 13.8. The summed E-state index contributed by atoms with van der Waals surface area (Å²) in [6, 6.07) is 13.8. The van der Waals surface area contributed by atoms with Gasteiger partial charge in [-0.15, -0.1) is 0 Å². The Kier molecular flexibility index (Phi) is 8.27. The number of allylic oxidation sites excluding steroid dienone is 1. The number of rotatable bonds is 6. The maximum Gasteiger partial charge on any atom is 0.255 e. The zero-order valence-electron chi connectivity index (χ0n) is 34.2. The van der Waals surface area contributed by atoms with E-state index >= 15 is 0 Å². The quantitative estimate of drug-likeness (QED) is 0.327. The topological polar surface area (TPSA) is 88.2 Å². The molecule has 3 aliphatic heterocycles. The predicted molar refractivity (Wildman–Crippen MR) is 202 cm³/mol. The van der Waals surface area contributed by atoms with Gasteiger partial charge in [0.05, 0.1) is 22.2 Å². The molecule has 0 bridgehead atoms. The lowest BCUT2D eigenvalue weighted by Gasteiger charge is -2.62. The van der Waals surface area contributed by atoms with E-state index in [1.165, 1.54) is 0 Å². The Morgan fingerprint density at radius 1 is 0.765 bits per heavy atom. The molecule has 0 unspecified atom stereocenters. The molecule has 278 valence electrons. The van der Waals surface area contributed by atoms with Crippen molar-refractivity contribution in [1.82, 2.24) is 15.1 Å². The smallest absolute Gasteiger partial charge is 0.255 e. The van der Waals surface area contributed by atoms with Crippen LogP contribution in [0, 0.1) is 10.8 Å². The van der Waals surface area contributed by atoms with Crippen LogP contribution in [0.1, 0.15) is 145 Å². The number of piperidine rings is 1. The molecule has 3 heterocycles. The first-order valence-corrected chi connectivity index (χ1v) is 18.2. The molecule has 0 aromatic heterocycles. The lowest BCUT2D eigenvalue weighted by atomic mass is 9.53. The number of fused-ring (bicyclic) bond motifs is 1. The Morgan fingerprint density at radius 2 is 1.29 bits per heavy atom. The highest BCUT2D eigenvalue weighted by molar-refractivity contribution is 6.05. The number of ether oxygens (including phenoxy) is 2. The van der Waals surface area contributed by atoms with Gasteiger partial charge in [-0.1, -0.05) is 64.6 Å². The molecule has 0 spiro atoms. The fraction of sp³-hybridized carbons (Fsp3) is 0.605. The molecule has 5 rings (SSSR count). The zero-order chi connectivity index (χ0) is 38.9. The van der Waals surface area contributed by atoms with Crippen molar-refractivity contribution in [3.05, 3.63) is 77.0 Å². The largest absolute Gasteiger partial charge is 0.483 e. The van der Waals surface area contributed by atoms with Gasteiger partial charge < -0.3 is 24.6 Å². The molecule has 2 fully saturated rings. The van der Waals surface area contributed by atoms with E-state index in [9.17, 15) is 14.4 Å². The van der Waals surface area contributed by atoms with Gasteiger partial charge in [-0.05, 0) is 113 Å². The van der Waals surface area contributed by atoms with Crippen molar-refractivity contribution in [1.29, 1.82) is 0 Å². The zero-order valence-corrected chi connectivity index (χ0v) is 34.2. The molecule has 0 saturated carbocycles.